The van der Waals surface area contributed by atoms with E-state index in [1.807, 2.05) is 24.3 Å². The van der Waals surface area contributed by atoms with E-state index in [2.05, 4.69) is 4.74 Å². The molecule has 0 aliphatic carbocycles. The SMILES string of the molecule is COC(=O)Cc1cccc2cc(O)ccc12. The van der Waals surface area contributed by atoms with E-state index in [1.165, 1.54) is 7.11 Å². The number of benzene rings is 2. The van der Waals surface area contributed by atoms with Crippen LogP contribution in [0.1, 0.15) is 5.56 Å². The van der Waals surface area contributed by atoms with Crippen molar-refractivity contribution in [1.82, 2.24) is 0 Å². The Kier molecular flexibility index (Phi) is 2.77. The Morgan fingerprint density at radius 2 is 2.12 bits per heavy atom. The molecule has 0 fully saturated rings. The van der Waals surface area contributed by atoms with Gasteiger partial charge in [0.05, 0.1) is 13.5 Å². The maximum absolute atomic E-state index is 11.2. The number of carbonyl (C=O) groups is 1. The molecule has 16 heavy (non-hydrogen) atoms. The quantitative estimate of drug-likeness (QED) is 0.783. The molecule has 2 aromatic carbocycles. The number of fused-ring (bicyclic) bond motifs is 1. The van der Waals surface area contributed by atoms with Gasteiger partial charge in [0.2, 0.25) is 0 Å². The maximum atomic E-state index is 11.2. The Balaban J connectivity index is 2.49. The monoisotopic (exact) mass is 216 g/mol. The number of methoxy groups -OCH3 is 1. The lowest BCUT2D eigenvalue weighted by Gasteiger charge is -2.05. The van der Waals surface area contributed by atoms with Crippen molar-refractivity contribution in [3.8, 4) is 5.75 Å². The van der Waals surface area contributed by atoms with Gasteiger partial charge in [0.1, 0.15) is 5.75 Å². The molecule has 3 nitrogen and oxygen atoms in total. The fraction of sp³-hybridized carbons (Fsp3) is 0.154. The molecule has 0 spiro atoms. The molecule has 0 atom stereocenters. The summed E-state index contributed by atoms with van der Waals surface area (Å²) >= 11 is 0. The Morgan fingerprint density at radius 3 is 2.88 bits per heavy atom. The van der Waals surface area contributed by atoms with Crippen LogP contribution >= 0.6 is 0 Å². The molecule has 3 heteroatoms. The first-order chi connectivity index (χ1) is 7.70. The summed E-state index contributed by atoms with van der Waals surface area (Å²) in [6.45, 7) is 0. The first kappa shape index (κ1) is 10.5. The molecule has 2 rings (SSSR count). The lowest BCUT2D eigenvalue weighted by molar-refractivity contribution is -0.139. The molecule has 0 radical (unpaired) electrons. The normalized spacial score (nSPS) is 10.3. The zero-order chi connectivity index (χ0) is 11.5. The molecule has 0 amide bonds. The summed E-state index contributed by atoms with van der Waals surface area (Å²) in [5, 5.41) is 11.2. The van der Waals surface area contributed by atoms with Gasteiger partial charge in [0.15, 0.2) is 0 Å². The molecule has 0 aliphatic rings. The molecule has 0 bridgehead atoms. The summed E-state index contributed by atoms with van der Waals surface area (Å²) < 4.78 is 4.64. The Hall–Kier alpha value is -2.03. The third-order valence-corrected chi connectivity index (χ3v) is 2.52. The molecule has 0 aromatic heterocycles. The van der Waals surface area contributed by atoms with Crippen molar-refractivity contribution in [2.24, 2.45) is 0 Å². The zero-order valence-electron chi connectivity index (χ0n) is 8.93. The van der Waals surface area contributed by atoms with Gasteiger partial charge in [-0.1, -0.05) is 24.3 Å². The molecule has 0 saturated heterocycles. The van der Waals surface area contributed by atoms with Crippen molar-refractivity contribution in [3.63, 3.8) is 0 Å². The van der Waals surface area contributed by atoms with Gasteiger partial charge in [-0.05, 0) is 28.5 Å². The van der Waals surface area contributed by atoms with Crippen LogP contribution in [0.2, 0.25) is 0 Å². The molecular formula is C13H12O3. The molecule has 2 aromatic rings. The summed E-state index contributed by atoms with van der Waals surface area (Å²) in [5.41, 5.74) is 0.907. The minimum Gasteiger partial charge on any atom is -0.508 e. The van der Waals surface area contributed by atoms with Crippen molar-refractivity contribution in [1.29, 1.82) is 0 Å². The molecule has 0 unspecified atom stereocenters. The summed E-state index contributed by atoms with van der Waals surface area (Å²) in [6.07, 6.45) is 0.249. The van der Waals surface area contributed by atoms with Crippen LogP contribution in [0.25, 0.3) is 10.8 Å². The highest BCUT2D eigenvalue weighted by molar-refractivity contribution is 5.89. The van der Waals surface area contributed by atoms with Crippen LogP contribution in [0.5, 0.6) is 5.75 Å². The number of rotatable bonds is 2. The number of hydrogen-bond acceptors (Lipinski definition) is 3. The van der Waals surface area contributed by atoms with Crippen LogP contribution in [-0.2, 0) is 16.0 Å². The van der Waals surface area contributed by atoms with Crippen molar-refractivity contribution in [3.05, 3.63) is 42.0 Å². The Labute approximate surface area is 93.3 Å². The Bertz CT molecular complexity index is 532. The van der Waals surface area contributed by atoms with Crippen LogP contribution in [0.3, 0.4) is 0 Å². The minimum absolute atomic E-state index is 0.225. The summed E-state index contributed by atoms with van der Waals surface area (Å²) in [7, 11) is 1.37. The lowest BCUT2D eigenvalue weighted by Crippen LogP contribution is -2.04. The molecule has 1 N–H and O–H groups in total. The second kappa shape index (κ2) is 4.23. The van der Waals surface area contributed by atoms with E-state index in [-0.39, 0.29) is 18.1 Å². The summed E-state index contributed by atoms with van der Waals surface area (Å²) in [5.74, 6) is -0.0386. The summed E-state index contributed by atoms with van der Waals surface area (Å²) in [4.78, 5) is 11.2. The minimum atomic E-state index is -0.263. The van der Waals surface area contributed by atoms with E-state index in [0.717, 1.165) is 16.3 Å². The highest BCUT2D eigenvalue weighted by atomic mass is 16.5. The van der Waals surface area contributed by atoms with E-state index >= 15 is 0 Å². The van der Waals surface area contributed by atoms with Gasteiger partial charge in [0.25, 0.3) is 0 Å². The van der Waals surface area contributed by atoms with Crippen LogP contribution in [0.4, 0.5) is 0 Å². The average Bonchev–Trinajstić information content (AvgIpc) is 2.28. The van der Waals surface area contributed by atoms with E-state index in [1.54, 1.807) is 12.1 Å². The van der Waals surface area contributed by atoms with Gasteiger partial charge in [-0.25, -0.2) is 0 Å². The van der Waals surface area contributed by atoms with Crippen molar-refractivity contribution >= 4 is 16.7 Å². The smallest absolute Gasteiger partial charge is 0.309 e. The van der Waals surface area contributed by atoms with Gasteiger partial charge in [-0.2, -0.15) is 0 Å². The van der Waals surface area contributed by atoms with Gasteiger partial charge in [-0.3, -0.25) is 4.79 Å². The fourth-order valence-electron chi connectivity index (χ4n) is 1.72. The number of hydrogen-bond donors (Lipinski definition) is 1. The second-order valence-electron chi connectivity index (χ2n) is 3.58. The van der Waals surface area contributed by atoms with Crippen molar-refractivity contribution in [2.75, 3.05) is 7.11 Å². The Morgan fingerprint density at radius 1 is 1.31 bits per heavy atom. The molecule has 0 heterocycles. The lowest BCUT2D eigenvalue weighted by atomic mass is 10.0. The standard InChI is InChI=1S/C13H12O3/c1-16-13(15)8-10-4-2-3-9-7-11(14)5-6-12(9)10/h2-7,14H,8H2,1H3. The van der Waals surface area contributed by atoms with Crippen LogP contribution in [0, 0.1) is 0 Å². The number of phenolic OH excluding ortho intramolecular Hbond substituents is 1. The first-order valence-corrected chi connectivity index (χ1v) is 4.98. The summed E-state index contributed by atoms with van der Waals surface area (Å²) in [6, 6.07) is 10.7. The van der Waals surface area contributed by atoms with E-state index in [0.29, 0.717) is 0 Å². The zero-order valence-corrected chi connectivity index (χ0v) is 8.93. The van der Waals surface area contributed by atoms with Gasteiger partial charge < -0.3 is 9.84 Å². The number of carbonyl (C=O) groups excluding carboxylic acids is 1. The van der Waals surface area contributed by atoms with Gasteiger partial charge >= 0.3 is 5.97 Å². The van der Waals surface area contributed by atoms with Crippen LogP contribution in [0.15, 0.2) is 36.4 Å². The fourth-order valence-corrected chi connectivity index (χ4v) is 1.72. The molecule has 0 aliphatic heterocycles. The first-order valence-electron chi connectivity index (χ1n) is 4.98. The maximum Gasteiger partial charge on any atom is 0.309 e. The number of esters is 1. The van der Waals surface area contributed by atoms with Gasteiger partial charge in [-0.15, -0.1) is 0 Å². The highest BCUT2D eigenvalue weighted by Crippen LogP contribution is 2.23. The predicted molar refractivity (Wildman–Crippen MR) is 61.3 cm³/mol. The van der Waals surface area contributed by atoms with E-state index < -0.39 is 0 Å². The number of aromatic hydroxyl groups is 1. The highest BCUT2D eigenvalue weighted by Gasteiger charge is 2.06. The topological polar surface area (TPSA) is 46.5 Å². The molecular weight excluding hydrogens is 204 g/mol. The second-order valence-corrected chi connectivity index (χ2v) is 3.58. The number of ether oxygens (including phenoxy) is 1. The molecule has 82 valence electrons. The largest absolute Gasteiger partial charge is 0.508 e. The average molecular weight is 216 g/mol. The third kappa shape index (κ3) is 1.98. The van der Waals surface area contributed by atoms with Crippen LogP contribution in [-0.4, -0.2) is 18.2 Å². The molecule has 0 saturated carbocycles. The van der Waals surface area contributed by atoms with Crippen molar-refractivity contribution < 1.29 is 14.6 Å². The van der Waals surface area contributed by atoms with Crippen molar-refractivity contribution in [2.45, 2.75) is 6.42 Å². The van der Waals surface area contributed by atoms with Crippen LogP contribution < -0.4 is 0 Å². The third-order valence-electron chi connectivity index (χ3n) is 2.52. The van der Waals surface area contributed by atoms with Gasteiger partial charge in [0, 0.05) is 0 Å². The predicted octanol–water partition coefficient (Wildman–Crippen LogP) is 2.26. The van der Waals surface area contributed by atoms with E-state index in [4.69, 9.17) is 0 Å². The number of phenols is 1. The van der Waals surface area contributed by atoms with E-state index in [9.17, 15) is 9.90 Å².